The molecule has 3 rings (SSSR count). The molecular formula is C23H27ClN2O6S. The van der Waals surface area contributed by atoms with Gasteiger partial charge in [-0.15, -0.1) is 0 Å². The number of carbonyl (C=O) groups excluding carboxylic acids is 1. The summed E-state index contributed by atoms with van der Waals surface area (Å²) in [5, 5.41) is 0.329. The van der Waals surface area contributed by atoms with Crippen LogP contribution in [0.1, 0.15) is 18.4 Å². The Morgan fingerprint density at radius 1 is 1.09 bits per heavy atom. The second-order valence-corrected chi connectivity index (χ2v) is 9.53. The lowest BCUT2D eigenvalue weighted by molar-refractivity contribution is -0.130. The van der Waals surface area contributed by atoms with E-state index in [-0.39, 0.29) is 23.8 Å². The number of hydrogen-bond acceptors (Lipinski definition) is 6. The quantitative estimate of drug-likeness (QED) is 0.574. The molecule has 178 valence electrons. The third-order valence-electron chi connectivity index (χ3n) is 5.34. The highest BCUT2D eigenvalue weighted by molar-refractivity contribution is 7.89. The van der Waals surface area contributed by atoms with Crippen LogP contribution in [0.15, 0.2) is 47.4 Å². The summed E-state index contributed by atoms with van der Waals surface area (Å²) in [5.41, 5.74) is 1.85. The predicted octanol–water partition coefficient (Wildman–Crippen LogP) is 3.35. The number of nitrogens with zero attached hydrogens (tertiary/aromatic N) is 1. The highest BCUT2D eigenvalue weighted by Crippen LogP contribution is 2.40. The average molecular weight is 495 g/mol. The van der Waals surface area contributed by atoms with Crippen LogP contribution in [0.2, 0.25) is 5.02 Å². The molecule has 0 atom stereocenters. The first-order valence-electron chi connectivity index (χ1n) is 10.3. The van der Waals surface area contributed by atoms with E-state index >= 15 is 0 Å². The van der Waals surface area contributed by atoms with Gasteiger partial charge in [-0.2, -0.15) is 0 Å². The molecule has 10 heteroatoms. The van der Waals surface area contributed by atoms with Crippen LogP contribution in [0.3, 0.4) is 0 Å². The van der Waals surface area contributed by atoms with Crippen molar-refractivity contribution in [2.45, 2.75) is 17.7 Å². The molecule has 0 unspecified atom stereocenters. The summed E-state index contributed by atoms with van der Waals surface area (Å²) in [4.78, 5) is 14.4. The number of nitrogens with one attached hydrogen (secondary N) is 1. The summed E-state index contributed by atoms with van der Waals surface area (Å²) < 4.78 is 43.6. The lowest BCUT2D eigenvalue weighted by Crippen LogP contribution is -2.37. The highest BCUT2D eigenvalue weighted by atomic mass is 35.5. The van der Waals surface area contributed by atoms with E-state index in [0.717, 1.165) is 11.1 Å². The zero-order valence-electron chi connectivity index (χ0n) is 18.8. The molecule has 0 radical (unpaired) electrons. The Balaban J connectivity index is 1.62. The van der Waals surface area contributed by atoms with Crippen LogP contribution < -0.4 is 18.9 Å². The number of amides is 1. The molecule has 1 amide bonds. The number of ether oxygens (including phenoxy) is 3. The molecule has 2 aromatic rings. The van der Waals surface area contributed by atoms with Gasteiger partial charge in [-0.25, -0.2) is 13.1 Å². The monoisotopic (exact) mass is 494 g/mol. The molecule has 1 aliphatic rings. The zero-order valence-corrected chi connectivity index (χ0v) is 20.3. The van der Waals surface area contributed by atoms with Gasteiger partial charge in [-0.1, -0.05) is 23.7 Å². The van der Waals surface area contributed by atoms with Gasteiger partial charge in [0.2, 0.25) is 15.9 Å². The van der Waals surface area contributed by atoms with E-state index in [1.54, 1.807) is 50.5 Å². The van der Waals surface area contributed by atoms with Gasteiger partial charge in [0.25, 0.3) is 0 Å². The van der Waals surface area contributed by atoms with Crippen LogP contribution in [-0.4, -0.2) is 60.2 Å². The Kier molecular flexibility index (Phi) is 8.23. The summed E-state index contributed by atoms with van der Waals surface area (Å²) in [5.74, 6) is 1.76. The third-order valence-corrected chi connectivity index (χ3v) is 7.03. The average Bonchev–Trinajstić information content (AvgIpc) is 2.83. The predicted molar refractivity (Wildman–Crippen MR) is 127 cm³/mol. The lowest BCUT2D eigenvalue weighted by atomic mass is 9.97. The van der Waals surface area contributed by atoms with Gasteiger partial charge in [0, 0.05) is 43.2 Å². The molecule has 33 heavy (non-hydrogen) atoms. The first kappa shape index (κ1) is 24.9. The summed E-state index contributed by atoms with van der Waals surface area (Å²) in [7, 11) is 1.01. The SMILES string of the molecule is COc1cc(OC)c(C2=CCN(C(=O)CCNS(=O)(=O)c3cccc(Cl)c3)CC2)c(OC)c1. The van der Waals surface area contributed by atoms with E-state index in [1.165, 1.54) is 12.1 Å². The molecule has 1 heterocycles. The Hall–Kier alpha value is -2.75. The van der Waals surface area contributed by atoms with Crippen molar-refractivity contribution in [2.24, 2.45) is 0 Å². The Morgan fingerprint density at radius 2 is 1.79 bits per heavy atom. The van der Waals surface area contributed by atoms with E-state index < -0.39 is 10.0 Å². The van der Waals surface area contributed by atoms with Crippen LogP contribution in [-0.2, 0) is 14.8 Å². The largest absolute Gasteiger partial charge is 0.496 e. The highest BCUT2D eigenvalue weighted by Gasteiger charge is 2.23. The maximum atomic E-state index is 12.6. The molecule has 0 bridgehead atoms. The third kappa shape index (κ3) is 5.98. The summed E-state index contributed by atoms with van der Waals surface area (Å²) in [6.45, 7) is 0.915. The van der Waals surface area contributed by atoms with E-state index in [2.05, 4.69) is 4.72 Å². The van der Waals surface area contributed by atoms with E-state index in [4.69, 9.17) is 25.8 Å². The Labute approximate surface area is 199 Å². The van der Waals surface area contributed by atoms with Gasteiger partial charge < -0.3 is 19.1 Å². The standard InChI is InChI=1S/C23H27ClN2O6S/c1-30-18-14-20(31-2)23(21(15-18)32-3)16-8-11-26(12-9-16)22(27)7-10-25-33(28,29)19-6-4-5-17(24)13-19/h4-6,8,13-15,25H,7,9-12H2,1-3H3. The number of carbonyl (C=O) groups is 1. The van der Waals surface area contributed by atoms with Gasteiger partial charge in [0.1, 0.15) is 17.2 Å². The van der Waals surface area contributed by atoms with E-state index in [9.17, 15) is 13.2 Å². The van der Waals surface area contributed by atoms with Crippen molar-refractivity contribution in [1.29, 1.82) is 0 Å². The molecule has 1 N–H and O–H groups in total. The minimum atomic E-state index is -3.73. The molecule has 2 aromatic carbocycles. The number of hydrogen-bond donors (Lipinski definition) is 1. The van der Waals surface area contributed by atoms with Gasteiger partial charge in [0.05, 0.1) is 31.8 Å². The van der Waals surface area contributed by atoms with Crippen molar-refractivity contribution < 1.29 is 27.4 Å². The summed E-state index contributed by atoms with van der Waals surface area (Å²) in [6, 6.07) is 9.56. The van der Waals surface area contributed by atoms with Crippen LogP contribution in [0.5, 0.6) is 17.2 Å². The van der Waals surface area contributed by atoms with Gasteiger partial charge >= 0.3 is 0 Å². The summed E-state index contributed by atoms with van der Waals surface area (Å²) in [6.07, 6.45) is 2.63. The molecule has 0 saturated carbocycles. The Bertz CT molecular complexity index is 1120. The normalized spacial score (nSPS) is 13.9. The van der Waals surface area contributed by atoms with Crippen LogP contribution in [0.4, 0.5) is 0 Å². The fraction of sp³-hybridized carbons (Fsp3) is 0.348. The van der Waals surface area contributed by atoms with Crippen molar-refractivity contribution in [3.05, 3.63) is 53.1 Å². The van der Waals surface area contributed by atoms with Crippen molar-refractivity contribution >= 4 is 33.1 Å². The zero-order chi connectivity index (χ0) is 24.0. The maximum absolute atomic E-state index is 12.6. The van der Waals surface area contributed by atoms with Gasteiger partial charge in [-0.3, -0.25) is 4.79 Å². The lowest BCUT2D eigenvalue weighted by Gasteiger charge is -2.28. The molecule has 0 aromatic heterocycles. The van der Waals surface area contributed by atoms with E-state index in [1.807, 2.05) is 6.08 Å². The van der Waals surface area contributed by atoms with Crippen molar-refractivity contribution in [3.8, 4) is 17.2 Å². The fourth-order valence-electron chi connectivity index (χ4n) is 3.61. The van der Waals surface area contributed by atoms with Crippen molar-refractivity contribution in [3.63, 3.8) is 0 Å². The van der Waals surface area contributed by atoms with Crippen LogP contribution in [0, 0.1) is 0 Å². The van der Waals surface area contributed by atoms with Crippen molar-refractivity contribution in [1.82, 2.24) is 9.62 Å². The molecule has 0 spiro atoms. The first-order valence-corrected chi connectivity index (χ1v) is 12.2. The molecule has 8 nitrogen and oxygen atoms in total. The minimum Gasteiger partial charge on any atom is -0.496 e. The first-order chi connectivity index (χ1) is 15.8. The molecular weight excluding hydrogens is 468 g/mol. The molecule has 1 aliphatic heterocycles. The molecule has 0 fully saturated rings. The number of halogens is 1. The van der Waals surface area contributed by atoms with E-state index in [0.29, 0.717) is 41.8 Å². The number of rotatable bonds is 9. The van der Waals surface area contributed by atoms with Gasteiger partial charge in [0.15, 0.2) is 0 Å². The van der Waals surface area contributed by atoms with Crippen LogP contribution >= 0.6 is 11.6 Å². The second-order valence-electron chi connectivity index (χ2n) is 7.33. The smallest absolute Gasteiger partial charge is 0.240 e. The van der Waals surface area contributed by atoms with Gasteiger partial charge in [-0.05, 0) is 30.2 Å². The summed E-state index contributed by atoms with van der Waals surface area (Å²) >= 11 is 5.87. The number of methoxy groups -OCH3 is 3. The molecule has 0 saturated heterocycles. The topological polar surface area (TPSA) is 94.2 Å². The van der Waals surface area contributed by atoms with Crippen LogP contribution in [0.25, 0.3) is 5.57 Å². The maximum Gasteiger partial charge on any atom is 0.240 e. The number of benzene rings is 2. The fourth-order valence-corrected chi connectivity index (χ4v) is 4.95. The molecule has 0 aliphatic carbocycles. The Morgan fingerprint density at radius 3 is 2.33 bits per heavy atom. The van der Waals surface area contributed by atoms with Crippen molar-refractivity contribution in [2.75, 3.05) is 41.0 Å². The minimum absolute atomic E-state index is 0.000870. The second kappa shape index (κ2) is 10.9. The number of sulfonamides is 1.